The lowest BCUT2D eigenvalue weighted by Crippen LogP contribution is -2.39. The molecule has 2 rings (SSSR count). The Morgan fingerprint density at radius 3 is 2.53 bits per heavy atom. The molecule has 0 aromatic heterocycles. The number of benzene rings is 1. The van der Waals surface area contributed by atoms with Gasteiger partial charge in [0.05, 0.1) is 19.3 Å². The van der Waals surface area contributed by atoms with Gasteiger partial charge in [0.1, 0.15) is 0 Å². The van der Waals surface area contributed by atoms with Gasteiger partial charge >= 0.3 is 0 Å². The molecule has 1 unspecified atom stereocenters. The Balaban J connectivity index is 0.00000512. The summed E-state index contributed by atoms with van der Waals surface area (Å²) in [5, 5.41) is 6.90. The average Bonchev–Trinajstić information content (AvgIpc) is 2.97. The van der Waals surface area contributed by atoms with Crippen LogP contribution < -0.4 is 20.1 Å². The highest BCUT2D eigenvalue weighted by molar-refractivity contribution is 14.0. The van der Waals surface area contributed by atoms with Crippen LogP contribution in [0.5, 0.6) is 11.5 Å². The molecular formula is C24H44IN5O2. The van der Waals surface area contributed by atoms with Crippen LogP contribution >= 0.6 is 24.0 Å². The molecule has 1 aromatic carbocycles. The fraction of sp³-hybridized carbons (Fsp3) is 0.708. The second kappa shape index (κ2) is 16.4. The summed E-state index contributed by atoms with van der Waals surface area (Å²) in [7, 11) is 2.21. The average molecular weight is 562 g/mol. The monoisotopic (exact) mass is 561 g/mol. The third kappa shape index (κ3) is 10.1. The van der Waals surface area contributed by atoms with E-state index < -0.39 is 0 Å². The van der Waals surface area contributed by atoms with Crippen LogP contribution in [0, 0.1) is 0 Å². The molecule has 0 bridgehead atoms. The van der Waals surface area contributed by atoms with E-state index in [1.165, 1.54) is 19.5 Å². The molecule has 1 aliphatic rings. The normalized spacial score (nSPS) is 16.6. The minimum Gasteiger partial charge on any atom is -0.490 e. The molecule has 0 spiro atoms. The van der Waals surface area contributed by atoms with Gasteiger partial charge in [0.2, 0.25) is 0 Å². The minimum atomic E-state index is 0. The summed E-state index contributed by atoms with van der Waals surface area (Å²) in [5.41, 5.74) is 1.14. The Morgan fingerprint density at radius 1 is 1.06 bits per heavy atom. The Bertz CT molecular complexity index is 674. The van der Waals surface area contributed by atoms with Crippen molar-refractivity contribution >= 4 is 29.9 Å². The molecule has 1 aliphatic heterocycles. The fourth-order valence-corrected chi connectivity index (χ4v) is 3.75. The van der Waals surface area contributed by atoms with E-state index in [-0.39, 0.29) is 30.0 Å². The predicted molar refractivity (Wildman–Crippen MR) is 145 cm³/mol. The molecule has 0 saturated carbocycles. The summed E-state index contributed by atoms with van der Waals surface area (Å²) < 4.78 is 11.5. The molecule has 7 nitrogen and oxygen atoms in total. The van der Waals surface area contributed by atoms with Gasteiger partial charge in [-0.25, -0.2) is 0 Å². The number of ether oxygens (including phenoxy) is 2. The third-order valence-electron chi connectivity index (χ3n) is 5.48. The fourth-order valence-electron chi connectivity index (χ4n) is 3.75. The van der Waals surface area contributed by atoms with Gasteiger partial charge in [-0.2, -0.15) is 0 Å². The number of halogens is 1. The van der Waals surface area contributed by atoms with Crippen molar-refractivity contribution in [1.29, 1.82) is 0 Å². The second-order valence-electron chi connectivity index (χ2n) is 8.05. The molecule has 32 heavy (non-hydrogen) atoms. The smallest absolute Gasteiger partial charge is 0.191 e. The van der Waals surface area contributed by atoms with Crippen molar-refractivity contribution in [3.8, 4) is 11.5 Å². The summed E-state index contributed by atoms with van der Waals surface area (Å²) in [4.78, 5) is 9.80. The van der Waals surface area contributed by atoms with Crippen LogP contribution in [-0.2, 0) is 0 Å². The first-order valence-corrected chi connectivity index (χ1v) is 11.9. The Morgan fingerprint density at radius 2 is 1.81 bits per heavy atom. The number of hydrogen-bond donors (Lipinski definition) is 2. The quantitative estimate of drug-likeness (QED) is 0.186. The molecule has 0 amide bonds. The molecule has 1 aromatic rings. The second-order valence-corrected chi connectivity index (χ2v) is 8.05. The maximum atomic E-state index is 5.78. The van der Waals surface area contributed by atoms with Crippen LogP contribution in [0.25, 0.3) is 0 Å². The number of likely N-dealkylation sites (N-methyl/N-ethyl adjacent to an activating group) is 1. The van der Waals surface area contributed by atoms with E-state index in [1.807, 2.05) is 19.9 Å². The largest absolute Gasteiger partial charge is 0.490 e. The van der Waals surface area contributed by atoms with E-state index in [4.69, 9.17) is 14.5 Å². The number of nitrogens with one attached hydrogen (secondary N) is 2. The van der Waals surface area contributed by atoms with Gasteiger partial charge in [0.15, 0.2) is 17.5 Å². The third-order valence-corrected chi connectivity index (χ3v) is 5.48. The molecule has 0 radical (unpaired) electrons. The number of hydrogen-bond acceptors (Lipinski definition) is 5. The highest BCUT2D eigenvalue weighted by atomic mass is 127. The predicted octanol–water partition coefficient (Wildman–Crippen LogP) is 3.75. The topological polar surface area (TPSA) is 61.4 Å². The lowest BCUT2D eigenvalue weighted by Gasteiger charge is -2.21. The van der Waals surface area contributed by atoms with Crippen molar-refractivity contribution in [2.24, 2.45) is 4.99 Å². The van der Waals surface area contributed by atoms with Crippen LogP contribution in [0.4, 0.5) is 0 Å². The zero-order valence-electron chi connectivity index (χ0n) is 20.7. The molecule has 1 atom stereocenters. The summed E-state index contributed by atoms with van der Waals surface area (Å²) >= 11 is 0. The molecule has 1 fully saturated rings. The first-order chi connectivity index (χ1) is 15.1. The zero-order chi connectivity index (χ0) is 22.5. The number of rotatable bonds is 11. The van der Waals surface area contributed by atoms with Gasteiger partial charge in [0, 0.05) is 26.2 Å². The van der Waals surface area contributed by atoms with Crippen LogP contribution in [0.2, 0.25) is 0 Å². The van der Waals surface area contributed by atoms with Crippen LogP contribution in [0.3, 0.4) is 0 Å². The number of guanidine groups is 1. The summed E-state index contributed by atoms with van der Waals surface area (Å²) in [6.07, 6.45) is 2.33. The molecule has 2 N–H and O–H groups in total. The van der Waals surface area contributed by atoms with Crippen LogP contribution in [0.1, 0.15) is 52.1 Å². The van der Waals surface area contributed by atoms with Crippen molar-refractivity contribution in [3.63, 3.8) is 0 Å². The Hall–Kier alpha value is -1.26. The van der Waals surface area contributed by atoms with E-state index in [2.05, 4.69) is 53.5 Å². The molecule has 8 heteroatoms. The molecule has 184 valence electrons. The number of aliphatic imine (C=N–C) groups is 1. The van der Waals surface area contributed by atoms with Crippen LogP contribution in [0.15, 0.2) is 23.2 Å². The lowest BCUT2D eigenvalue weighted by molar-refractivity contribution is 0.275. The highest BCUT2D eigenvalue weighted by Gasteiger charge is 2.13. The minimum absolute atomic E-state index is 0. The molecular weight excluding hydrogens is 517 g/mol. The van der Waals surface area contributed by atoms with Gasteiger partial charge < -0.3 is 29.9 Å². The standard InChI is InChI=1S/C24H43N5O2.HI/c1-6-25-24(26-13-9-15-29-16-10-14-28(5)17-18-29)27-20(4)21-11-12-22(30-7-2)23(19-21)31-8-3;/h11-12,19-20H,6-10,13-18H2,1-5H3,(H2,25,26,27);1H. The lowest BCUT2D eigenvalue weighted by atomic mass is 10.1. The van der Waals surface area contributed by atoms with Crippen molar-refractivity contribution in [1.82, 2.24) is 20.4 Å². The molecule has 1 heterocycles. The van der Waals surface area contributed by atoms with E-state index in [9.17, 15) is 0 Å². The van der Waals surface area contributed by atoms with Gasteiger partial charge in [0.25, 0.3) is 0 Å². The van der Waals surface area contributed by atoms with E-state index in [0.717, 1.165) is 62.2 Å². The van der Waals surface area contributed by atoms with Crippen molar-refractivity contribution in [2.45, 2.75) is 46.6 Å². The first kappa shape index (κ1) is 28.8. The molecule has 1 saturated heterocycles. The maximum absolute atomic E-state index is 5.78. The van der Waals surface area contributed by atoms with Crippen molar-refractivity contribution in [3.05, 3.63) is 23.8 Å². The maximum Gasteiger partial charge on any atom is 0.191 e. The van der Waals surface area contributed by atoms with Gasteiger partial charge in [-0.1, -0.05) is 6.07 Å². The SMILES string of the molecule is CCNC(=NCCCN1CCCN(C)CC1)NC(C)c1ccc(OCC)c(OCC)c1.I. The van der Waals surface area contributed by atoms with E-state index in [1.54, 1.807) is 0 Å². The highest BCUT2D eigenvalue weighted by Crippen LogP contribution is 2.30. The summed E-state index contributed by atoms with van der Waals surface area (Å²) in [5.74, 6) is 2.44. The first-order valence-electron chi connectivity index (χ1n) is 11.9. The van der Waals surface area contributed by atoms with Crippen molar-refractivity contribution in [2.75, 3.05) is 66.1 Å². The summed E-state index contributed by atoms with van der Waals surface area (Å²) in [6.45, 7) is 17.0. The Kier molecular flexibility index (Phi) is 14.7. The Labute approximate surface area is 212 Å². The van der Waals surface area contributed by atoms with Gasteiger partial charge in [-0.15, -0.1) is 24.0 Å². The van der Waals surface area contributed by atoms with Gasteiger partial charge in [-0.05, 0) is 84.9 Å². The van der Waals surface area contributed by atoms with Crippen LogP contribution in [-0.4, -0.2) is 81.8 Å². The van der Waals surface area contributed by atoms with Crippen molar-refractivity contribution < 1.29 is 9.47 Å². The van der Waals surface area contributed by atoms with Gasteiger partial charge in [-0.3, -0.25) is 4.99 Å². The molecule has 0 aliphatic carbocycles. The summed E-state index contributed by atoms with van der Waals surface area (Å²) in [6, 6.07) is 6.25. The van der Waals surface area contributed by atoms with E-state index >= 15 is 0 Å². The zero-order valence-corrected chi connectivity index (χ0v) is 23.0. The van der Waals surface area contributed by atoms with E-state index in [0.29, 0.717) is 13.2 Å². The number of nitrogens with zero attached hydrogens (tertiary/aromatic N) is 3.